The van der Waals surface area contributed by atoms with E-state index in [4.69, 9.17) is 4.74 Å². The van der Waals surface area contributed by atoms with E-state index in [1.54, 1.807) is 0 Å². The second-order valence-corrected chi connectivity index (χ2v) is 6.93. The molecule has 0 fully saturated rings. The number of hydrogen-bond acceptors (Lipinski definition) is 2. The summed E-state index contributed by atoms with van der Waals surface area (Å²) in [5.74, 6) is 1.17. The molecule has 1 N–H and O–H groups in total. The zero-order valence-corrected chi connectivity index (χ0v) is 15.7. The fourth-order valence-electron chi connectivity index (χ4n) is 2.87. The van der Waals surface area contributed by atoms with Crippen LogP contribution in [0.15, 0.2) is 54.6 Å². The van der Waals surface area contributed by atoms with E-state index in [2.05, 4.69) is 31.3 Å². The fraction of sp³-hybridized carbons (Fsp3) is 0.409. The molecular formula is C22H29NO2. The number of aryl methyl sites for hydroxylation is 1. The predicted octanol–water partition coefficient (Wildman–Crippen LogP) is 5.06. The molecule has 2 aromatic carbocycles. The van der Waals surface area contributed by atoms with Crippen LogP contribution < -0.4 is 10.1 Å². The van der Waals surface area contributed by atoms with Crippen LogP contribution in [0, 0.1) is 12.8 Å². The van der Waals surface area contributed by atoms with Crippen molar-refractivity contribution in [3.05, 3.63) is 65.7 Å². The highest BCUT2D eigenvalue weighted by Crippen LogP contribution is 2.22. The SMILES string of the molecule is CC[C@H](Oc1cccc(C)c1)C(=O)N[C@H](CC(C)C)c1ccccc1. The third kappa shape index (κ3) is 5.93. The molecule has 0 saturated heterocycles. The molecule has 0 radical (unpaired) electrons. The first-order valence-electron chi connectivity index (χ1n) is 9.08. The van der Waals surface area contributed by atoms with Crippen LogP contribution in [-0.2, 0) is 4.79 Å². The lowest BCUT2D eigenvalue weighted by Gasteiger charge is -2.24. The first-order valence-corrected chi connectivity index (χ1v) is 9.08. The molecule has 2 aromatic rings. The van der Waals surface area contributed by atoms with Crippen molar-refractivity contribution >= 4 is 5.91 Å². The van der Waals surface area contributed by atoms with Crippen LogP contribution in [0.1, 0.15) is 50.8 Å². The average Bonchev–Trinajstić information content (AvgIpc) is 2.59. The molecule has 0 aliphatic carbocycles. The van der Waals surface area contributed by atoms with Gasteiger partial charge in [0.1, 0.15) is 5.75 Å². The van der Waals surface area contributed by atoms with E-state index in [0.29, 0.717) is 12.3 Å². The van der Waals surface area contributed by atoms with Gasteiger partial charge in [0, 0.05) is 0 Å². The van der Waals surface area contributed by atoms with Crippen LogP contribution in [0.2, 0.25) is 0 Å². The molecule has 0 aliphatic rings. The van der Waals surface area contributed by atoms with Crippen LogP contribution in [0.3, 0.4) is 0 Å². The Hall–Kier alpha value is -2.29. The number of benzene rings is 2. The Bertz CT molecular complexity index is 667. The van der Waals surface area contributed by atoms with Gasteiger partial charge in [-0.3, -0.25) is 4.79 Å². The van der Waals surface area contributed by atoms with E-state index < -0.39 is 6.10 Å². The number of hydrogen-bond donors (Lipinski definition) is 1. The molecule has 3 heteroatoms. The smallest absolute Gasteiger partial charge is 0.261 e. The van der Waals surface area contributed by atoms with Crippen LogP contribution >= 0.6 is 0 Å². The van der Waals surface area contributed by atoms with Crippen molar-refractivity contribution in [1.29, 1.82) is 0 Å². The summed E-state index contributed by atoms with van der Waals surface area (Å²) >= 11 is 0. The molecule has 2 atom stereocenters. The lowest BCUT2D eigenvalue weighted by atomic mass is 9.96. The zero-order valence-electron chi connectivity index (χ0n) is 15.7. The Balaban J connectivity index is 2.09. The fourth-order valence-corrected chi connectivity index (χ4v) is 2.87. The summed E-state index contributed by atoms with van der Waals surface area (Å²) in [5, 5.41) is 3.19. The van der Waals surface area contributed by atoms with Crippen LogP contribution in [0.4, 0.5) is 0 Å². The van der Waals surface area contributed by atoms with Crippen molar-refractivity contribution in [2.24, 2.45) is 5.92 Å². The average molecular weight is 339 g/mol. The Morgan fingerprint density at radius 3 is 2.40 bits per heavy atom. The third-order valence-electron chi connectivity index (χ3n) is 4.16. The summed E-state index contributed by atoms with van der Waals surface area (Å²) in [4.78, 5) is 12.8. The van der Waals surface area contributed by atoms with Crippen molar-refractivity contribution in [2.45, 2.75) is 52.7 Å². The van der Waals surface area contributed by atoms with Crippen LogP contribution in [-0.4, -0.2) is 12.0 Å². The summed E-state index contributed by atoms with van der Waals surface area (Å²) in [6.45, 7) is 8.33. The van der Waals surface area contributed by atoms with Gasteiger partial charge in [0.25, 0.3) is 5.91 Å². The molecule has 25 heavy (non-hydrogen) atoms. The second kappa shape index (κ2) is 9.26. The van der Waals surface area contributed by atoms with Crippen molar-refractivity contribution in [3.63, 3.8) is 0 Å². The van der Waals surface area contributed by atoms with Crippen molar-refractivity contribution in [2.75, 3.05) is 0 Å². The van der Waals surface area contributed by atoms with Crippen LogP contribution in [0.5, 0.6) is 5.75 Å². The standard InChI is InChI=1S/C22H29NO2/c1-5-21(25-19-13-9-10-17(4)15-19)22(24)23-20(14-16(2)3)18-11-7-6-8-12-18/h6-13,15-16,20-21H,5,14H2,1-4H3,(H,23,24)/t20-,21+/m1/s1. The lowest BCUT2D eigenvalue weighted by molar-refractivity contribution is -0.129. The highest BCUT2D eigenvalue weighted by atomic mass is 16.5. The molecule has 2 rings (SSSR count). The largest absolute Gasteiger partial charge is 0.481 e. The highest BCUT2D eigenvalue weighted by Gasteiger charge is 2.23. The summed E-state index contributed by atoms with van der Waals surface area (Å²) in [6, 6.07) is 18.0. The number of nitrogens with one attached hydrogen (secondary N) is 1. The Labute approximate surface area is 151 Å². The van der Waals surface area contributed by atoms with E-state index in [1.165, 1.54) is 0 Å². The minimum Gasteiger partial charge on any atom is -0.481 e. The van der Waals surface area contributed by atoms with Crippen molar-refractivity contribution in [3.8, 4) is 5.75 Å². The van der Waals surface area contributed by atoms with E-state index in [-0.39, 0.29) is 11.9 Å². The summed E-state index contributed by atoms with van der Waals surface area (Å²) in [6.07, 6.45) is 1.04. The second-order valence-electron chi connectivity index (χ2n) is 6.93. The van der Waals surface area contributed by atoms with Gasteiger partial charge in [-0.25, -0.2) is 0 Å². The minimum atomic E-state index is -0.486. The monoisotopic (exact) mass is 339 g/mol. The van der Waals surface area contributed by atoms with Gasteiger partial charge in [0.05, 0.1) is 6.04 Å². The van der Waals surface area contributed by atoms with E-state index in [1.807, 2.05) is 56.3 Å². The Morgan fingerprint density at radius 1 is 1.08 bits per heavy atom. The van der Waals surface area contributed by atoms with E-state index >= 15 is 0 Å². The molecule has 0 bridgehead atoms. The maximum Gasteiger partial charge on any atom is 0.261 e. The maximum atomic E-state index is 12.8. The van der Waals surface area contributed by atoms with Gasteiger partial charge in [0.2, 0.25) is 0 Å². The minimum absolute atomic E-state index is 0.00357. The maximum absolute atomic E-state index is 12.8. The Morgan fingerprint density at radius 2 is 1.80 bits per heavy atom. The topological polar surface area (TPSA) is 38.3 Å². The third-order valence-corrected chi connectivity index (χ3v) is 4.16. The van der Waals surface area contributed by atoms with E-state index in [9.17, 15) is 4.79 Å². The first-order chi connectivity index (χ1) is 12.0. The molecule has 3 nitrogen and oxygen atoms in total. The molecule has 0 heterocycles. The van der Waals surface area contributed by atoms with Crippen molar-refractivity contribution in [1.82, 2.24) is 5.32 Å². The van der Waals surface area contributed by atoms with Gasteiger partial charge < -0.3 is 10.1 Å². The van der Waals surface area contributed by atoms with Crippen LogP contribution in [0.25, 0.3) is 0 Å². The van der Waals surface area contributed by atoms with Gasteiger partial charge in [0.15, 0.2) is 6.10 Å². The molecule has 0 unspecified atom stereocenters. The molecule has 1 amide bonds. The van der Waals surface area contributed by atoms with Crippen molar-refractivity contribution < 1.29 is 9.53 Å². The Kier molecular flexibility index (Phi) is 7.05. The van der Waals surface area contributed by atoms with E-state index in [0.717, 1.165) is 23.3 Å². The van der Waals surface area contributed by atoms with Gasteiger partial charge in [-0.05, 0) is 48.9 Å². The zero-order chi connectivity index (χ0) is 18.2. The van der Waals surface area contributed by atoms with Gasteiger partial charge in [-0.2, -0.15) is 0 Å². The number of rotatable bonds is 8. The number of carbonyl (C=O) groups is 1. The quantitative estimate of drug-likeness (QED) is 0.730. The normalized spacial score (nSPS) is 13.3. The van der Waals surface area contributed by atoms with Gasteiger partial charge in [-0.15, -0.1) is 0 Å². The first kappa shape index (κ1) is 19.0. The molecule has 0 aromatic heterocycles. The summed E-state index contributed by atoms with van der Waals surface area (Å²) in [7, 11) is 0. The lowest BCUT2D eigenvalue weighted by Crippen LogP contribution is -2.40. The number of amides is 1. The summed E-state index contributed by atoms with van der Waals surface area (Å²) in [5.41, 5.74) is 2.25. The number of ether oxygens (including phenoxy) is 1. The van der Waals surface area contributed by atoms with Gasteiger partial charge in [-0.1, -0.05) is 63.2 Å². The predicted molar refractivity (Wildman–Crippen MR) is 103 cm³/mol. The summed E-state index contributed by atoms with van der Waals surface area (Å²) < 4.78 is 5.94. The molecule has 0 saturated carbocycles. The highest BCUT2D eigenvalue weighted by molar-refractivity contribution is 5.81. The molecular weight excluding hydrogens is 310 g/mol. The number of carbonyl (C=O) groups excluding carboxylic acids is 1. The van der Waals surface area contributed by atoms with Gasteiger partial charge >= 0.3 is 0 Å². The molecule has 0 spiro atoms. The molecule has 0 aliphatic heterocycles. The molecule has 134 valence electrons.